The number of anilines is 1. The molecule has 6 nitrogen and oxygen atoms in total. The summed E-state index contributed by atoms with van der Waals surface area (Å²) in [5.41, 5.74) is 2.73. The summed E-state index contributed by atoms with van der Waals surface area (Å²) in [5, 5.41) is 4.99. The van der Waals surface area contributed by atoms with Gasteiger partial charge in [0.2, 0.25) is 5.91 Å². The van der Waals surface area contributed by atoms with Crippen LogP contribution < -0.4 is 5.32 Å². The van der Waals surface area contributed by atoms with Crippen molar-refractivity contribution in [3.05, 3.63) is 114 Å². The van der Waals surface area contributed by atoms with Crippen molar-refractivity contribution >= 4 is 34.1 Å². The lowest BCUT2D eigenvalue weighted by atomic mass is 10.0. The molecule has 1 aliphatic heterocycles. The van der Waals surface area contributed by atoms with Crippen molar-refractivity contribution in [3.63, 3.8) is 0 Å². The lowest BCUT2D eigenvalue weighted by Gasteiger charge is -2.39. The third kappa shape index (κ3) is 5.29. The average Bonchev–Trinajstić information content (AvgIpc) is 2.93. The van der Waals surface area contributed by atoms with Gasteiger partial charge in [-0.05, 0) is 41.5 Å². The Morgan fingerprint density at radius 3 is 2.19 bits per heavy atom. The third-order valence-corrected chi connectivity index (χ3v) is 6.89. The van der Waals surface area contributed by atoms with Crippen molar-refractivity contribution in [2.24, 2.45) is 0 Å². The van der Waals surface area contributed by atoms with Crippen LogP contribution in [0.25, 0.3) is 10.8 Å². The Labute approximate surface area is 216 Å². The minimum atomic E-state index is -0.517. The molecule has 4 aromatic carbocycles. The summed E-state index contributed by atoms with van der Waals surface area (Å²) in [5.74, 6) is -0.207. The van der Waals surface area contributed by atoms with Gasteiger partial charge in [-0.25, -0.2) is 0 Å². The van der Waals surface area contributed by atoms with E-state index >= 15 is 0 Å². The van der Waals surface area contributed by atoms with Crippen molar-refractivity contribution in [2.75, 3.05) is 31.5 Å². The molecular weight excluding hydrogens is 462 g/mol. The summed E-state index contributed by atoms with van der Waals surface area (Å²) in [4.78, 5) is 42.8. The van der Waals surface area contributed by atoms with Crippen LogP contribution in [0.3, 0.4) is 0 Å². The number of hydrogen-bond acceptors (Lipinski definition) is 4. The van der Waals surface area contributed by atoms with E-state index in [4.69, 9.17) is 0 Å². The molecule has 0 spiro atoms. The third-order valence-electron chi connectivity index (χ3n) is 6.89. The van der Waals surface area contributed by atoms with Crippen molar-refractivity contribution in [1.29, 1.82) is 0 Å². The highest BCUT2D eigenvalue weighted by molar-refractivity contribution is 6.07. The summed E-state index contributed by atoms with van der Waals surface area (Å²) >= 11 is 0. The fourth-order valence-corrected chi connectivity index (χ4v) is 4.96. The van der Waals surface area contributed by atoms with Gasteiger partial charge in [0, 0.05) is 43.0 Å². The summed E-state index contributed by atoms with van der Waals surface area (Å²) in [7, 11) is 0. The Morgan fingerprint density at radius 1 is 0.757 bits per heavy atom. The zero-order chi connectivity index (χ0) is 25.8. The molecule has 1 atom stereocenters. The van der Waals surface area contributed by atoms with Crippen molar-refractivity contribution in [1.82, 2.24) is 9.80 Å². The monoisotopic (exact) mass is 491 g/mol. The van der Waals surface area contributed by atoms with Crippen LogP contribution >= 0.6 is 0 Å². The smallest absolute Gasteiger partial charge is 0.254 e. The molecule has 1 heterocycles. The number of carbonyl (C=O) groups excluding carboxylic acids is 3. The Hall–Kier alpha value is -4.29. The summed E-state index contributed by atoms with van der Waals surface area (Å²) in [6, 6.07) is 29.9. The highest BCUT2D eigenvalue weighted by Gasteiger charge is 2.32. The predicted octanol–water partition coefficient (Wildman–Crippen LogP) is 5.18. The van der Waals surface area contributed by atoms with E-state index in [9.17, 15) is 14.4 Å². The summed E-state index contributed by atoms with van der Waals surface area (Å²) in [6.45, 7) is 3.69. The van der Waals surface area contributed by atoms with Crippen LogP contribution in [-0.4, -0.2) is 53.6 Å². The molecule has 4 aromatic rings. The van der Waals surface area contributed by atoms with Gasteiger partial charge in [0.1, 0.15) is 6.04 Å². The van der Waals surface area contributed by atoms with E-state index in [1.54, 1.807) is 24.3 Å². The molecule has 0 aliphatic carbocycles. The van der Waals surface area contributed by atoms with Gasteiger partial charge in [-0.1, -0.05) is 78.9 Å². The molecule has 2 amide bonds. The number of ketones is 1. The molecule has 0 bridgehead atoms. The molecule has 1 N–H and O–H groups in total. The number of hydrogen-bond donors (Lipinski definition) is 1. The van der Waals surface area contributed by atoms with Crippen molar-refractivity contribution in [2.45, 2.75) is 13.0 Å². The van der Waals surface area contributed by atoms with E-state index in [0.717, 1.165) is 16.3 Å². The van der Waals surface area contributed by atoms with E-state index in [2.05, 4.69) is 10.2 Å². The number of nitrogens with zero attached hydrogens (tertiary/aromatic N) is 2. The maximum Gasteiger partial charge on any atom is 0.254 e. The van der Waals surface area contributed by atoms with Crippen LogP contribution in [0.2, 0.25) is 0 Å². The maximum absolute atomic E-state index is 13.6. The fourth-order valence-electron chi connectivity index (χ4n) is 4.96. The highest BCUT2D eigenvalue weighted by Crippen LogP contribution is 2.26. The molecule has 37 heavy (non-hydrogen) atoms. The van der Waals surface area contributed by atoms with E-state index < -0.39 is 6.04 Å². The predicted molar refractivity (Wildman–Crippen MR) is 146 cm³/mol. The first kappa shape index (κ1) is 24.4. The number of amides is 2. The number of Topliss-reactive ketones (excluding diaryl/α,β-unsaturated/α-hetero) is 1. The Bertz CT molecular complexity index is 1440. The second-order valence-corrected chi connectivity index (χ2v) is 9.29. The van der Waals surface area contributed by atoms with Crippen LogP contribution in [0.4, 0.5) is 5.69 Å². The minimum absolute atomic E-state index is 0.0122. The largest absolute Gasteiger partial charge is 0.336 e. The Morgan fingerprint density at radius 2 is 1.43 bits per heavy atom. The molecule has 0 saturated carbocycles. The second-order valence-electron chi connectivity index (χ2n) is 9.29. The van der Waals surface area contributed by atoms with Gasteiger partial charge < -0.3 is 10.2 Å². The normalized spacial score (nSPS) is 14.8. The Balaban J connectivity index is 1.34. The van der Waals surface area contributed by atoms with Crippen LogP contribution in [-0.2, 0) is 4.79 Å². The van der Waals surface area contributed by atoms with Gasteiger partial charge in [-0.15, -0.1) is 0 Å². The molecule has 0 aromatic heterocycles. The fraction of sp³-hybridized carbons (Fsp3) is 0.194. The van der Waals surface area contributed by atoms with Crippen LogP contribution in [0.1, 0.15) is 39.2 Å². The number of fused-ring (bicyclic) bond motifs is 1. The molecule has 186 valence electrons. The van der Waals surface area contributed by atoms with E-state index in [0.29, 0.717) is 43.0 Å². The minimum Gasteiger partial charge on any atom is -0.336 e. The van der Waals surface area contributed by atoms with Crippen molar-refractivity contribution in [3.8, 4) is 0 Å². The summed E-state index contributed by atoms with van der Waals surface area (Å²) in [6.07, 6.45) is 0. The van der Waals surface area contributed by atoms with Crippen LogP contribution in [0.5, 0.6) is 0 Å². The number of nitrogens with one attached hydrogen (secondary N) is 1. The first-order chi connectivity index (χ1) is 18.0. The number of rotatable bonds is 6. The molecule has 1 saturated heterocycles. The van der Waals surface area contributed by atoms with Gasteiger partial charge in [0.25, 0.3) is 5.91 Å². The van der Waals surface area contributed by atoms with E-state index in [-0.39, 0.29) is 17.6 Å². The molecule has 1 aliphatic rings. The Kier molecular flexibility index (Phi) is 7.10. The topological polar surface area (TPSA) is 69.7 Å². The van der Waals surface area contributed by atoms with Gasteiger partial charge in [0.15, 0.2) is 5.78 Å². The highest BCUT2D eigenvalue weighted by atomic mass is 16.2. The van der Waals surface area contributed by atoms with Gasteiger partial charge in [-0.2, -0.15) is 0 Å². The van der Waals surface area contributed by atoms with Crippen molar-refractivity contribution < 1.29 is 14.4 Å². The van der Waals surface area contributed by atoms with Crippen LogP contribution in [0.15, 0.2) is 97.1 Å². The van der Waals surface area contributed by atoms with Gasteiger partial charge in [0.05, 0.1) is 0 Å². The number of carbonyl (C=O) groups is 3. The zero-order valence-corrected chi connectivity index (χ0v) is 20.8. The maximum atomic E-state index is 13.6. The van der Waals surface area contributed by atoms with Gasteiger partial charge >= 0.3 is 0 Å². The quantitative estimate of drug-likeness (QED) is 0.378. The molecule has 1 fully saturated rings. The lowest BCUT2D eigenvalue weighted by Crippen LogP contribution is -2.51. The SMILES string of the molecule is CC(=O)c1cccc(NC(=O)C(c2ccccc2)N2CCN(C(=O)c3cccc4ccccc34)CC2)c1. The lowest BCUT2D eigenvalue weighted by molar-refractivity contribution is -0.122. The van der Waals surface area contributed by atoms with E-state index in [1.807, 2.05) is 77.7 Å². The number of benzene rings is 4. The standard InChI is InChI=1S/C31H29N3O3/c1-22(35)25-13-7-14-26(21-25)32-30(36)29(24-10-3-2-4-11-24)33-17-19-34(20-18-33)31(37)28-16-8-12-23-9-5-6-15-27(23)28/h2-16,21,29H,17-20H2,1H3,(H,32,36). The van der Waals surface area contributed by atoms with E-state index in [1.165, 1.54) is 6.92 Å². The van der Waals surface area contributed by atoms with Gasteiger partial charge in [-0.3, -0.25) is 19.3 Å². The number of piperazine rings is 1. The zero-order valence-electron chi connectivity index (χ0n) is 20.8. The second kappa shape index (κ2) is 10.8. The molecule has 5 rings (SSSR count). The summed E-state index contributed by atoms with van der Waals surface area (Å²) < 4.78 is 0. The van der Waals surface area contributed by atoms with Crippen LogP contribution in [0, 0.1) is 0 Å². The molecule has 0 radical (unpaired) electrons. The molecule has 6 heteroatoms. The molecular formula is C31H29N3O3. The first-order valence-electron chi connectivity index (χ1n) is 12.5. The molecule has 1 unspecified atom stereocenters. The average molecular weight is 492 g/mol. The first-order valence-corrected chi connectivity index (χ1v) is 12.5.